The van der Waals surface area contributed by atoms with Gasteiger partial charge in [-0.25, -0.2) is 8.42 Å². The van der Waals surface area contributed by atoms with E-state index in [0.29, 0.717) is 27.3 Å². The Morgan fingerprint density at radius 1 is 0.933 bits per heavy atom. The number of ether oxygens (including phenoxy) is 1. The van der Waals surface area contributed by atoms with Crippen LogP contribution in [0.15, 0.2) is 83.3 Å². The van der Waals surface area contributed by atoms with Gasteiger partial charge < -0.3 is 10.1 Å². The van der Waals surface area contributed by atoms with Crippen LogP contribution >= 0.6 is 15.9 Å². The molecule has 0 heterocycles. The van der Waals surface area contributed by atoms with Crippen LogP contribution in [0.25, 0.3) is 0 Å². The predicted molar refractivity (Wildman–Crippen MR) is 123 cm³/mol. The number of hydrogen-bond donors (Lipinski definition) is 1. The van der Waals surface area contributed by atoms with Gasteiger partial charge in [-0.1, -0.05) is 30.3 Å². The van der Waals surface area contributed by atoms with Gasteiger partial charge in [-0.3, -0.25) is 9.10 Å². The maximum absolute atomic E-state index is 12.8. The van der Waals surface area contributed by atoms with Gasteiger partial charge in [0.25, 0.3) is 0 Å². The maximum atomic E-state index is 12.8. The number of benzene rings is 3. The van der Waals surface area contributed by atoms with E-state index in [-0.39, 0.29) is 0 Å². The van der Waals surface area contributed by atoms with Crippen molar-refractivity contribution in [2.45, 2.75) is 13.0 Å². The van der Waals surface area contributed by atoms with E-state index in [4.69, 9.17) is 4.74 Å². The van der Waals surface area contributed by atoms with E-state index in [1.165, 1.54) is 0 Å². The molecule has 0 fully saturated rings. The molecule has 3 aromatic carbocycles. The number of nitrogens with one attached hydrogen (secondary N) is 1. The van der Waals surface area contributed by atoms with E-state index in [1.54, 1.807) is 49.4 Å². The first-order valence-electron chi connectivity index (χ1n) is 9.13. The summed E-state index contributed by atoms with van der Waals surface area (Å²) < 4.78 is 32.5. The lowest BCUT2D eigenvalue weighted by atomic mass is 10.2. The molecular formula is C22H21BrN2O4S. The number of para-hydroxylation sites is 2. The zero-order valence-corrected chi connectivity index (χ0v) is 18.9. The molecule has 0 saturated heterocycles. The molecule has 30 heavy (non-hydrogen) atoms. The molecule has 3 aromatic rings. The first-order chi connectivity index (χ1) is 14.3. The fraction of sp³-hybridized carbons (Fsp3) is 0.136. The second-order valence-corrected chi connectivity index (χ2v) is 9.33. The molecular weight excluding hydrogens is 468 g/mol. The molecule has 6 nitrogen and oxygen atoms in total. The van der Waals surface area contributed by atoms with Gasteiger partial charge in [0.2, 0.25) is 15.9 Å². The SMILES string of the molecule is C[C@@H](C(=O)Nc1ccccc1Br)N(c1ccc(Oc2ccccc2)cc1)S(C)(=O)=O. The third-order valence-electron chi connectivity index (χ3n) is 4.29. The lowest BCUT2D eigenvalue weighted by molar-refractivity contribution is -0.116. The molecule has 3 rings (SSSR count). The third-order valence-corrected chi connectivity index (χ3v) is 6.22. The summed E-state index contributed by atoms with van der Waals surface area (Å²) >= 11 is 3.37. The number of hydrogen-bond acceptors (Lipinski definition) is 4. The Bertz CT molecular complexity index is 1120. The maximum Gasteiger partial charge on any atom is 0.248 e. The van der Waals surface area contributed by atoms with Crippen LogP contribution in [-0.4, -0.2) is 26.6 Å². The van der Waals surface area contributed by atoms with Crippen LogP contribution in [0, 0.1) is 0 Å². The summed E-state index contributed by atoms with van der Waals surface area (Å²) in [6.45, 7) is 1.54. The molecule has 0 aromatic heterocycles. The van der Waals surface area contributed by atoms with Crippen molar-refractivity contribution in [3.8, 4) is 11.5 Å². The summed E-state index contributed by atoms with van der Waals surface area (Å²) in [6.07, 6.45) is 1.07. The molecule has 0 aliphatic rings. The Morgan fingerprint density at radius 2 is 1.50 bits per heavy atom. The summed E-state index contributed by atoms with van der Waals surface area (Å²) in [5, 5.41) is 2.76. The van der Waals surface area contributed by atoms with Crippen LogP contribution in [0.3, 0.4) is 0 Å². The second-order valence-electron chi connectivity index (χ2n) is 6.61. The van der Waals surface area contributed by atoms with Crippen LogP contribution in [0.4, 0.5) is 11.4 Å². The highest BCUT2D eigenvalue weighted by Gasteiger charge is 2.29. The Kier molecular flexibility index (Phi) is 6.79. The van der Waals surface area contributed by atoms with Crippen LogP contribution < -0.4 is 14.4 Å². The van der Waals surface area contributed by atoms with E-state index in [9.17, 15) is 13.2 Å². The van der Waals surface area contributed by atoms with Gasteiger partial charge in [0.1, 0.15) is 17.5 Å². The Hall–Kier alpha value is -2.84. The first kappa shape index (κ1) is 21.9. The first-order valence-corrected chi connectivity index (χ1v) is 11.8. The number of anilines is 2. The summed E-state index contributed by atoms with van der Waals surface area (Å²) in [5.41, 5.74) is 0.932. The van der Waals surface area contributed by atoms with Gasteiger partial charge in [-0.2, -0.15) is 0 Å². The highest BCUT2D eigenvalue weighted by molar-refractivity contribution is 9.10. The predicted octanol–water partition coefficient (Wildman–Crippen LogP) is 5.03. The van der Waals surface area contributed by atoms with E-state index in [1.807, 2.05) is 36.4 Å². The second kappa shape index (κ2) is 9.32. The van der Waals surface area contributed by atoms with E-state index in [0.717, 1.165) is 10.6 Å². The minimum absolute atomic E-state index is 0.368. The number of halogens is 1. The van der Waals surface area contributed by atoms with Gasteiger partial charge in [0, 0.05) is 4.47 Å². The van der Waals surface area contributed by atoms with Gasteiger partial charge >= 0.3 is 0 Å². The minimum atomic E-state index is -3.72. The molecule has 1 N–H and O–H groups in total. The van der Waals surface area contributed by atoms with Crippen molar-refractivity contribution in [3.05, 3.63) is 83.3 Å². The molecule has 1 atom stereocenters. The van der Waals surface area contributed by atoms with Crippen molar-refractivity contribution in [3.63, 3.8) is 0 Å². The zero-order valence-electron chi connectivity index (χ0n) is 16.4. The minimum Gasteiger partial charge on any atom is -0.457 e. The molecule has 0 saturated carbocycles. The molecule has 0 aliphatic heterocycles. The standard InChI is InChI=1S/C22H21BrN2O4S/c1-16(22(26)24-21-11-7-6-10-20(21)23)25(30(2,27)28)17-12-14-19(15-13-17)29-18-8-4-3-5-9-18/h3-16H,1-2H3,(H,24,26)/t16-/m0/s1. The molecule has 0 bridgehead atoms. The third kappa shape index (κ3) is 5.40. The quantitative estimate of drug-likeness (QED) is 0.505. The zero-order chi connectivity index (χ0) is 21.7. The monoisotopic (exact) mass is 488 g/mol. The van der Waals surface area contributed by atoms with Crippen LogP contribution in [-0.2, 0) is 14.8 Å². The van der Waals surface area contributed by atoms with Crippen molar-refractivity contribution in [2.75, 3.05) is 15.9 Å². The highest BCUT2D eigenvalue weighted by Crippen LogP contribution is 2.28. The van der Waals surface area contributed by atoms with Crippen molar-refractivity contribution in [1.29, 1.82) is 0 Å². The fourth-order valence-corrected chi connectivity index (χ4v) is 4.45. The lowest BCUT2D eigenvalue weighted by Gasteiger charge is -2.28. The largest absolute Gasteiger partial charge is 0.457 e. The van der Waals surface area contributed by atoms with Crippen molar-refractivity contribution >= 4 is 43.2 Å². The van der Waals surface area contributed by atoms with Gasteiger partial charge in [0.15, 0.2) is 0 Å². The number of carbonyl (C=O) groups excluding carboxylic acids is 1. The van der Waals surface area contributed by atoms with Gasteiger partial charge in [-0.15, -0.1) is 0 Å². The Balaban J connectivity index is 1.82. The smallest absolute Gasteiger partial charge is 0.248 e. The molecule has 156 valence electrons. The summed E-state index contributed by atoms with van der Waals surface area (Å²) in [4.78, 5) is 12.8. The fourth-order valence-electron chi connectivity index (χ4n) is 2.89. The van der Waals surface area contributed by atoms with Crippen LogP contribution in [0.5, 0.6) is 11.5 Å². The van der Waals surface area contributed by atoms with E-state index >= 15 is 0 Å². The van der Waals surface area contributed by atoms with E-state index < -0.39 is 22.0 Å². The Labute approximate surface area is 184 Å². The van der Waals surface area contributed by atoms with Gasteiger partial charge in [-0.05, 0) is 71.4 Å². The van der Waals surface area contributed by atoms with Crippen molar-refractivity contribution in [1.82, 2.24) is 0 Å². The highest BCUT2D eigenvalue weighted by atomic mass is 79.9. The normalized spacial score (nSPS) is 12.1. The molecule has 0 unspecified atom stereocenters. The Morgan fingerprint density at radius 3 is 2.10 bits per heavy atom. The van der Waals surface area contributed by atoms with Gasteiger partial charge in [0.05, 0.1) is 17.6 Å². The van der Waals surface area contributed by atoms with E-state index in [2.05, 4.69) is 21.2 Å². The number of amides is 1. The summed E-state index contributed by atoms with van der Waals surface area (Å²) in [5.74, 6) is 0.784. The lowest BCUT2D eigenvalue weighted by Crippen LogP contribution is -2.45. The van der Waals surface area contributed by atoms with Crippen molar-refractivity contribution < 1.29 is 17.9 Å². The average Bonchev–Trinajstić information content (AvgIpc) is 2.71. The molecule has 0 radical (unpaired) electrons. The van der Waals surface area contributed by atoms with Crippen LogP contribution in [0.1, 0.15) is 6.92 Å². The molecule has 8 heteroatoms. The number of nitrogens with zero attached hydrogens (tertiary/aromatic N) is 1. The number of sulfonamides is 1. The molecule has 0 aliphatic carbocycles. The molecule has 0 spiro atoms. The average molecular weight is 489 g/mol. The topological polar surface area (TPSA) is 75.7 Å². The summed E-state index contributed by atoms with van der Waals surface area (Å²) in [7, 11) is -3.72. The van der Waals surface area contributed by atoms with Crippen molar-refractivity contribution in [2.24, 2.45) is 0 Å². The molecule has 1 amide bonds. The summed E-state index contributed by atoms with van der Waals surface area (Å²) in [6, 6.07) is 22.0. The number of rotatable bonds is 7. The van der Waals surface area contributed by atoms with Crippen LogP contribution in [0.2, 0.25) is 0 Å². The number of carbonyl (C=O) groups is 1.